The summed E-state index contributed by atoms with van der Waals surface area (Å²) in [6.07, 6.45) is -1.01. The molecule has 0 amide bonds. The molecule has 0 N–H and O–H groups in total. The zero-order valence-electron chi connectivity index (χ0n) is 9.22. The van der Waals surface area contributed by atoms with Crippen molar-refractivity contribution >= 4 is 0 Å². The lowest BCUT2D eigenvalue weighted by atomic mass is 10.2. The topological polar surface area (TPSA) is 116 Å². The van der Waals surface area contributed by atoms with E-state index < -0.39 is 0 Å². The molecule has 0 aromatic heterocycles. The van der Waals surface area contributed by atoms with Crippen LogP contribution in [0.15, 0.2) is 10.2 Å². The highest BCUT2D eigenvalue weighted by molar-refractivity contribution is 4.82. The van der Waals surface area contributed by atoms with Gasteiger partial charge in [-0.2, -0.15) is 0 Å². The lowest BCUT2D eigenvalue weighted by Crippen LogP contribution is -2.27. The lowest BCUT2D eigenvalue weighted by Gasteiger charge is -2.13. The van der Waals surface area contributed by atoms with Crippen LogP contribution in [0.1, 0.15) is 13.8 Å². The fraction of sp³-hybridized carbons (Fsp3) is 1.00. The van der Waals surface area contributed by atoms with Crippen molar-refractivity contribution in [3.8, 4) is 0 Å². The van der Waals surface area contributed by atoms with Gasteiger partial charge in [0.05, 0.1) is 25.3 Å². The summed E-state index contributed by atoms with van der Waals surface area (Å²) in [4.78, 5) is 5.34. The van der Waals surface area contributed by atoms with Gasteiger partial charge in [-0.05, 0) is 11.1 Å². The van der Waals surface area contributed by atoms with Gasteiger partial charge in [-0.3, -0.25) is 0 Å². The molecule has 1 fully saturated rings. The van der Waals surface area contributed by atoms with E-state index in [1.165, 1.54) is 0 Å². The maximum Gasteiger partial charge on any atom is 0.160 e. The minimum Gasteiger partial charge on any atom is -0.346 e. The smallest absolute Gasteiger partial charge is 0.160 e. The van der Waals surface area contributed by atoms with Crippen molar-refractivity contribution in [1.29, 1.82) is 0 Å². The zero-order valence-corrected chi connectivity index (χ0v) is 9.22. The van der Waals surface area contributed by atoms with E-state index in [9.17, 15) is 0 Å². The first-order valence-corrected chi connectivity index (χ1v) is 5.01. The maximum absolute atomic E-state index is 8.24. The van der Waals surface area contributed by atoms with E-state index in [2.05, 4.69) is 20.1 Å². The van der Waals surface area contributed by atoms with E-state index in [1.54, 1.807) is 0 Å². The molecule has 1 aliphatic rings. The van der Waals surface area contributed by atoms with E-state index in [4.69, 9.17) is 20.5 Å². The van der Waals surface area contributed by atoms with E-state index in [0.717, 1.165) is 0 Å². The van der Waals surface area contributed by atoms with Crippen LogP contribution in [0.3, 0.4) is 0 Å². The average Bonchev–Trinajstić information content (AvgIpc) is 2.67. The second kappa shape index (κ2) is 6.19. The van der Waals surface area contributed by atoms with E-state index in [1.807, 2.05) is 13.8 Å². The molecule has 0 aromatic carbocycles. The molecule has 2 atom stereocenters. The Kier molecular flexibility index (Phi) is 4.88. The average molecular weight is 226 g/mol. The van der Waals surface area contributed by atoms with Gasteiger partial charge in [0.25, 0.3) is 0 Å². The van der Waals surface area contributed by atoms with Gasteiger partial charge in [-0.15, -0.1) is 0 Å². The molecule has 0 unspecified atom stereocenters. The Labute approximate surface area is 92.8 Å². The van der Waals surface area contributed by atoms with E-state index >= 15 is 0 Å². The van der Waals surface area contributed by atoms with Crippen LogP contribution in [0.25, 0.3) is 20.9 Å². The molecule has 0 saturated carbocycles. The van der Waals surface area contributed by atoms with Crippen LogP contribution in [0.2, 0.25) is 0 Å². The van der Waals surface area contributed by atoms with Crippen LogP contribution < -0.4 is 0 Å². The SMILES string of the molecule is CC(C)C1O[C@@H](CN=[N+]=[N-])[C@H](CN=[N+]=[N-])O1. The van der Waals surface area contributed by atoms with Gasteiger partial charge in [0.1, 0.15) is 0 Å². The Balaban J connectivity index is 2.62. The van der Waals surface area contributed by atoms with Crippen LogP contribution in [-0.2, 0) is 9.47 Å². The summed E-state index contributed by atoms with van der Waals surface area (Å²) in [5.74, 6) is 0.199. The molecule has 0 bridgehead atoms. The highest BCUT2D eigenvalue weighted by Gasteiger charge is 2.36. The van der Waals surface area contributed by atoms with Crippen molar-refractivity contribution in [3.05, 3.63) is 20.9 Å². The Morgan fingerprint density at radius 1 is 1.06 bits per heavy atom. The maximum atomic E-state index is 8.24. The van der Waals surface area contributed by atoms with Gasteiger partial charge < -0.3 is 9.47 Å². The van der Waals surface area contributed by atoms with Gasteiger partial charge >= 0.3 is 0 Å². The van der Waals surface area contributed by atoms with Crippen molar-refractivity contribution < 1.29 is 9.47 Å². The van der Waals surface area contributed by atoms with Crippen molar-refractivity contribution in [2.75, 3.05) is 13.1 Å². The number of rotatable bonds is 5. The summed E-state index contributed by atoms with van der Waals surface area (Å²) in [6, 6.07) is 0. The predicted molar refractivity (Wildman–Crippen MR) is 56.4 cm³/mol. The number of hydrogen-bond acceptors (Lipinski definition) is 4. The molecule has 8 heteroatoms. The second-order valence-corrected chi connectivity index (χ2v) is 3.79. The minimum absolute atomic E-state index is 0.186. The Morgan fingerprint density at radius 2 is 1.50 bits per heavy atom. The van der Waals surface area contributed by atoms with Gasteiger partial charge in [0.2, 0.25) is 0 Å². The van der Waals surface area contributed by atoms with Gasteiger partial charge in [0, 0.05) is 15.7 Å². The standard InChI is InChI=1S/C8H14N6O2/c1-5(2)8-15-6(3-11-13-9)7(16-8)4-12-14-10/h5-8H,3-4H2,1-2H3/t6-,7-/m0/s1. The molecule has 1 heterocycles. The molecule has 88 valence electrons. The van der Waals surface area contributed by atoms with Crippen molar-refractivity contribution in [2.24, 2.45) is 16.1 Å². The van der Waals surface area contributed by atoms with Crippen LogP contribution in [-0.4, -0.2) is 31.6 Å². The van der Waals surface area contributed by atoms with E-state index in [-0.39, 0.29) is 37.5 Å². The summed E-state index contributed by atoms with van der Waals surface area (Å²) in [5, 5.41) is 6.89. The third kappa shape index (κ3) is 3.29. The number of azide groups is 2. The molecule has 0 radical (unpaired) electrons. The summed E-state index contributed by atoms with van der Waals surface area (Å²) >= 11 is 0. The summed E-state index contributed by atoms with van der Waals surface area (Å²) < 4.78 is 11.1. The second-order valence-electron chi connectivity index (χ2n) is 3.79. The number of hydrogen-bond donors (Lipinski definition) is 0. The van der Waals surface area contributed by atoms with Crippen molar-refractivity contribution in [1.82, 2.24) is 0 Å². The quantitative estimate of drug-likeness (QED) is 0.406. The molecule has 0 aromatic rings. The van der Waals surface area contributed by atoms with Crippen LogP contribution >= 0.6 is 0 Å². The van der Waals surface area contributed by atoms with Crippen molar-refractivity contribution in [3.63, 3.8) is 0 Å². The zero-order chi connectivity index (χ0) is 12.0. The first-order chi connectivity index (χ1) is 7.69. The van der Waals surface area contributed by atoms with Gasteiger partial charge in [-0.1, -0.05) is 24.1 Å². The van der Waals surface area contributed by atoms with Crippen molar-refractivity contribution in [2.45, 2.75) is 32.3 Å². The largest absolute Gasteiger partial charge is 0.346 e. The highest BCUT2D eigenvalue weighted by Crippen LogP contribution is 2.24. The lowest BCUT2D eigenvalue weighted by molar-refractivity contribution is -0.0934. The molecule has 1 rings (SSSR count). The summed E-state index contributed by atoms with van der Waals surface area (Å²) in [5.41, 5.74) is 16.5. The Morgan fingerprint density at radius 3 is 1.81 bits per heavy atom. The third-order valence-electron chi connectivity index (χ3n) is 2.23. The van der Waals surface area contributed by atoms with Gasteiger partial charge in [-0.25, -0.2) is 0 Å². The molecule has 8 nitrogen and oxygen atoms in total. The predicted octanol–water partition coefficient (Wildman–Crippen LogP) is 2.37. The molecule has 0 aliphatic carbocycles. The third-order valence-corrected chi connectivity index (χ3v) is 2.23. The van der Waals surface area contributed by atoms with E-state index in [0.29, 0.717) is 0 Å². The molecular weight excluding hydrogens is 212 g/mol. The minimum atomic E-state index is -0.339. The van der Waals surface area contributed by atoms with Crippen LogP contribution in [0.5, 0.6) is 0 Å². The molecule has 1 saturated heterocycles. The van der Waals surface area contributed by atoms with Crippen LogP contribution in [0.4, 0.5) is 0 Å². The monoisotopic (exact) mass is 226 g/mol. The molecule has 1 aliphatic heterocycles. The Bertz CT molecular complexity index is 292. The van der Waals surface area contributed by atoms with Crippen LogP contribution in [0, 0.1) is 5.92 Å². The Hall–Kier alpha value is -1.46. The first kappa shape index (κ1) is 12.6. The summed E-state index contributed by atoms with van der Waals surface area (Å²) in [6.45, 7) is 4.30. The number of nitrogens with zero attached hydrogens (tertiary/aromatic N) is 6. The number of ether oxygens (including phenoxy) is 2. The summed E-state index contributed by atoms with van der Waals surface area (Å²) in [7, 11) is 0. The first-order valence-electron chi connectivity index (χ1n) is 5.01. The fourth-order valence-electron chi connectivity index (χ4n) is 1.42. The normalized spacial score (nSPS) is 28.6. The fourth-order valence-corrected chi connectivity index (χ4v) is 1.42. The molecular formula is C8H14N6O2. The molecule has 16 heavy (non-hydrogen) atoms. The highest BCUT2D eigenvalue weighted by atomic mass is 16.7. The van der Waals surface area contributed by atoms with Gasteiger partial charge in [0.15, 0.2) is 6.29 Å². The molecule has 0 spiro atoms.